The number of pyridine rings is 1. The molecule has 0 aliphatic heterocycles. The van der Waals surface area contributed by atoms with Crippen LogP contribution in [0.2, 0.25) is 10.0 Å². The maximum atomic E-state index is 13.7. The van der Waals surface area contributed by atoms with Crippen molar-refractivity contribution < 1.29 is 9.13 Å². The second kappa shape index (κ2) is 7.21. The molecule has 8 heteroatoms. The van der Waals surface area contributed by atoms with Gasteiger partial charge in [-0.15, -0.1) is 0 Å². The molecule has 25 heavy (non-hydrogen) atoms. The van der Waals surface area contributed by atoms with E-state index in [1.807, 2.05) is 0 Å². The van der Waals surface area contributed by atoms with Crippen molar-refractivity contribution in [2.24, 2.45) is 0 Å². The molecule has 0 aliphatic rings. The highest BCUT2D eigenvalue weighted by molar-refractivity contribution is 6.36. The van der Waals surface area contributed by atoms with Crippen LogP contribution in [0, 0.1) is 5.82 Å². The van der Waals surface area contributed by atoms with E-state index in [9.17, 15) is 4.39 Å². The summed E-state index contributed by atoms with van der Waals surface area (Å²) < 4.78 is 19.5. The number of benzene rings is 1. The van der Waals surface area contributed by atoms with Crippen LogP contribution in [0.1, 0.15) is 18.6 Å². The molecule has 5 nitrogen and oxygen atoms in total. The fourth-order valence-corrected chi connectivity index (χ4v) is 2.95. The molecular formula is C17H13Cl2FN4O. The van der Waals surface area contributed by atoms with E-state index in [1.165, 1.54) is 18.3 Å². The van der Waals surface area contributed by atoms with E-state index in [4.69, 9.17) is 33.7 Å². The molecule has 0 amide bonds. The van der Waals surface area contributed by atoms with Gasteiger partial charge < -0.3 is 10.5 Å². The van der Waals surface area contributed by atoms with Crippen LogP contribution in [-0.4, -0.2) is 15.0 Å². The summed E-state index contributed by atoms with van der Waals surface area (Å²) in [6, 6.07) is 6.18. The molecule has 1 unspecified atom stereocenters. The van der Waals surface area contributed by atoms with Gasteiger partial charge in [0.2, 0.25) is 0 Å². The molecule has 3 rings (SSSR count). The zero-order valence-electron chi connectivity index (χ0n) is 13.1. The fraction of sp³-hybridized carbons (Fsp3) is 0.118. The lowest BCUT2D eigenvalue weighted by molar-refractivity contribution is 0.218. The first-order chi connectivity index (χ1) is 12.0. The largest absolute Gasteiger partial charge is 0.467 e. The molecule has 2 aromatic heterocycles. The molecule has 1 atom stereocenters. The summed E-state index contributed by atoms with van der Waals surface area (Å²) >= 11 is 12.1. The zero-order valence-corrected chi connectivity index (χ0v) is 14.6. The monoisotopic (exact) mass is 378 g/mol. The van der Waals surface area contributed by atoms with Crippen LogP contribution in [0.25, 0.3) is 11.3 Å². The Labute approximate surface area is 153 Å². The molecule has 0 radical (unpaired) electrons. The Morgan fingerprint density at radius 3 is 2.60 bits per heavy atom. The molecule has 0 spiro atoms. The summed E-state index contributed by atoms with van der Waals surface area (Å²) in [6.07, 6.45) is 4.13. The van der Waals surface area contributed by atoms with Crippen molar-refractivity contribution in [3.05, 3.63) is 64.3 Å². The number of hydrogen-bond acceptors (Lipinski definition) is 5. The van der Waals surface area contributed by atoms with Gasteiger partial charge in [0.15, 0.2) is 5.82 Å². The predicted octanol–water partition coefficient (Wildman–Crippen LogP) is 4.71. The lowest BCUT2D eigenvalue weighted by atomic mass is 10.1. The Hall–Kier alpha value is -2.44. The zero-order chi connectivity index (χ0) is 18.0. The highest BCUT2D eigenvalue weighted by atomic mass is 35.5. The van der Waals surface area contributed by atoms with Crippen LogP contribution in [0.3, 0.4) is 0 Å². The molecular weight excluding hydrogens is 366 g/mol. The van der Waals surface area contributed by atoms with Crippen molar-refractivity contribution in [1.82, 2.24) is 15.0 Å². The van der Waals surface area contributed by atoms with E-state index in [2.05, 4.69) is 15.0 Å². The number of aromatic nitrogens is 3. The Morgan fingerprint density at radius 1 is 1.16 bits per heavy atom. The molecule has 0 bridgehead atoms. The third-order valence-electron chi connectivity index (χ3n) is 3.52. The first-order valence-electron chi connectivity index (χ1n) is 7.30. The lowest BCUT2D eigenvalue weighted by Crippen LogP contribution is -2.09. The van der Waals surface area contributed by atoms with Gasteiger partial charge in [-0.2, -0.15) is 0 Å². The molecule has 1 aromatic carbocycles. The Balaban J connectivity index is 1.94. The average molecular weight is 379 g/mol. The number of nitrogens with two attached hydrogens (primary N) is 1. The normalized spacial score (nSPS) is 12.0. The highest BCUT2D eigenvalue weighted by Crippen LogP contribution is 2.35. The van der Waals surface area contributed by atoms with Gasteiger partial charge in [-0.05, 0) is 31.2 Å². The summed E-state index contributed by atoms with van der Waals surface area (Å²) in [5.74, 6) is -0.368. The van der Waals surface area contributed by atoms with E-state index in [0.717, 1.165) is 5.56 Å². The minimum atomic E-state index is -0.681. The smallest absolute Gasteiger partial charge is 0.258 e. The summed E-state index contributed by atoms with van der Waals surface area (Å²) in [4.78, 5) is 12.4. The van der Waals surface area contributed by atoms with Crippen molar-refractivity contribution >= 4 is 29.0 Å². The number of nitrogens with zero attached hydrogens (tertiary/aromatic N) is 3. The molecule has 0 saturated carbocycles. The van der Waals surface area contributed by atoms with Gasteiger partial charge >= 0.3 is 0 Å². The topological polar surface area (TPSA) is 73.9 Å². The quantitative estimate of drug-likeness (QED) is 0.665. The Morgan fingerprint density at radius 2 is 1.88 bits per heavy atom. The summed E-state index contributed by atoms with van der Waals surface area (Å²) in [7, 11) is 0. The van der Waals surface area contributed by atoms with Gasteiger partial charge in [-0.25, -0.2) is 14.4 Å². The van der Waals surface area contributed by atoms with E-state index in [-0.39, 0.29) is 21.7 Å². The third-order valence-corrected chi connectivity index (χ3v) is 4.23. The van der Waals surface area contributed by atoms with Gasteiger partial charge in [0.25, 0.3) is 5.88 Å². The standard InChI is InChI=1S/C17H13Cl2FN4O/c1-9(14-11(18)2-3-12(20)15(14)19)25-17-16(21)23-8-13(24-17)10-4-6-22-7-5-10/h2-9H,1H3,(H2,21,23). The number of nitrogen functional groups attached to an aromatic ring is 1. The summed E-state index contributed by atoms with van der Waals surface area (Å²) in [6.45, 7) is 1.67. The van der Waals surface area contributed by atoms with Crippen molar-refractivity contribution in [2.45, 2.75) is 13.0 Å². The summed E-state index contributed by atoms with van der Waals surface area (Å²) in [5, 5.41) is 0.188. The van der Waals surface area contributed by atoms with Crippen LogP contribution < -0.4 is 10.5 Å². The number of hydrogen-bond donors (Lipinski definition) is 1. The van der Waals surface area contributed by atoms with Gasteiger partial charge in [-0.3, -0.25) is 4.98 Å². The van der Waals surface area contributed by atoms with Gasteiger partial charge in [0, 0.05) is 28.5 Å². The second-order valence-corrected chi connectivity index (χ2v) is 5.98. The van der Waals surface area contributed by atoms with Gasteiger partial charge in [-0.1, -0.05) is 23.2 Å². The number of anilines is 1. The maximum Gasteiger partial charge on any atom is 0.258 e. The number of halogens is 3. The number of ether oxygens (including phenoxy) is 1. The third kappa shape index (κ3) is 3.65. The highest BCUT2D eigenvalue weighted by Gasteiger charge is 2.20. The first kappa shape index (κ1) is 17.4. The molecule has 0 aliphatic carbocycles. The fourth-order valence-electron chi connectivity index (χ4n) is 2.27. The molecule has 128 valence electrons. The van der Waals surface area contributed by atoms with Crippen LogP contribution in [0.5, 0.6) is 5.88 Å². The lowest BCUT2D eigenvalue weighted by Gasteiger charge is -2.18. The van der Waals surface area contributed by atoms with Gasteiger partial charge in [0.1, 0.15) is 11.9 Å². The van der Waals surface area contributed by atoms with E-state index in [1.54, 1.807) is 31.5 Å². The van der Waals surface area contributed by atoms with Crippen molar-refractivity contribution in [1.29, 1.82) is 0 Å². The Bertz CT molecular complexity index is 909. The Kier molecular flexibility index (Phi) is 5.01. The van der Waals surface area contributed by atoms with Crippen LogP contribution >= 0.6 is 23.2 Å². The van der Waals surface area contributed by atoms with Gasteiger partial charge in [0.05, 0.1) is 16.9 Å². The van der Waals surface area contributed by atoms with Crippen LogP contribution in [0.15, 0.2) is 42.9 Å². The molecule has 2 heterocycles. The van der Waals surface area contributed by atoms with Crippen molar-refractivity contribution in [3.63, 3.8) is 0 Å². The van der Waals surface area contributed by atoms with E-state index in [0.29, 0.717) is 11.3 Å². The minimum absolute atomic E-state index is 0.100. The average Bonchev–Trinajstić information content (AvgIpc) is 2.61. The van der Waals surface area contributed by atoms with Crippen LogP contribution in [0.4, 0.5) is 10.2 Å². The van der Waals surface area contributed by atoms with E-state index < -0.39 is 11.9 Å². The first-order valence-corrected chi connectivity index (χ1v) is 8.06. The molecule has 0 saturated heterocycles. The second-order valence-electron chi connectivity index (χ2n) is 5.20. The summed E-state index contributed by atoms with van der Waals surface area (Å²) in [5.41, 5.74) is 7.54. The van der Waals surface area contributed by atoms with Crippen LogP contribution in [-0.2, 0) is 0 Å². The van der Waals surface area contributed by atoms with Crippen molar-refractivity contribution in [2.75, 3.05) is 5.73 Å². The maximum absolute atomic E-state index is 13.7. The number of rotatable bonds is 4. The predicted molar refractivity (Wildman–Crippen MR) is 95.1 cm³/mol. The molecule has 2 N–H and O–H groups in total. The SMILES string of the molecule is CC(Oc1nc(-c2ccncc2)cnc1N)c1c(Cl)ccc(F)c1Cl. The molecule has 3 aromatic rings. The molecule has 0 fully saturated rings. The van der Waals surface area contributed by atoms with E-state index >= 15 is 0 Å². The minimum Gasteiger partial charge on any atom is -0.467 e. The van der Waals surface area contributed by atoms with Crippen molar-refractivity contribution in [3.8, 4) is 17.1 Å².